The van der Waals surface area contributed by atoms with Crippen LogP contribution in [-0.4, -0.2) is 13.7 Å². The highest BCUT2D eigenvalue weighted by atomic mass is 15.0. The summed E-state index contributed by atoms with van der Waals surface area (Å²) in [5, 5.41) is 7.49. The molecule has 3 heterocycles. The van der Waals surface area contributed by atoms with Gasteiger partial charge in [-0.3, -0.25) is 0 Å². The molecule has 0 fully saturated rings. The smallest absolute Gasteiger partial charge is 0.0542 e. The largest absolute Gasteiger partial charge is 0.309 e. The van der Waals surface area contributed by atoms with E-state index in [2.05, 4.69) is 226 Å². The predicted octanol–water partition coefficient (Wildman–Crippen LogP) is 14.3. The first-order valence-electron chi connectivity index (χ1n) is 19.6. The van der Waals surface area contributed by atoms with Gasteiger partial charge in [0.05, 0.1) is 33.1 Å². The molecule has 57 heavy (non-hydrogen) atoms. The molecule has 0 aliphatic carbocycles. The first-order valence-corrected chi connectivity index (χ1v) is 19.6. The van der Waals surface area contributed by atoms with E-state index < -0.39 is 0 Å². The van der Waals surface area contributed by atoms with Crippen molar-refractivity contribution in [2.75, 3.05) is 0 Å². The Morgan fingerprint density at radius 2 is 0.526 bits per heavy atom. The molecule has 0 unspecified atom stereocenters. The highest BCUT2D eigenvalue weighted by molar-refractivity contribution is 6.14. The summed E-state index contributed by atoms with van der Waals surface area (Å²) in [7, 11) is 0. The van der Waals surface area contributed by atoms with Crippen LogP contribution >= 0.6 is 0 Å². The molecule has 0 N–H and O–H groups in total. The van der Waals surface area contributed by atoms with E-state index in [1.807, 2.05) is 0 Å². The number of nitrogens with zero attached hydrogens (tertiary/aromatic N) is 3. The number of fused-ring (bicyclic) bond motifs is 9. The van der Waals surface area contributed by atoms with Gasteiger partial charge in [0.1, 0.15) is 0 Å². The third-order valence-electron chi connectivity index (χ3n) is 11.8. The maximum absolute atomic E-state index is 2.43. The Kier molecular flexibility index (Phi) is 6.93. The molecule has 3 aromatic heterocycles. The fraction of sp³-hybridized carbons (Fsp3) is 0. The molecule has 0 bridgehead atoms. The van der Waals surface area contributed by atoms with Crippen LogP contribution in [0.15, 0.2) is 212 Å². The summed E-state index contributed by atoms with van der Waals surface area (Å²) in [5.74, 6) is 0. The lowest BCUT2D eigenvalue weighted by Crippen LogP contribution is -1.95. The van der Waals surface area contributed by atoms with E-state index in [1.165, 1.54) is 93.4 Å². The molecule has 0 radical (unpaired) electrons. The molecule has 9 aromatic carbocycles. The van der Waals surface area contributed by atoms with E-state index in [4.69, 9.17) is 0 Å². The molecule has 0 amide bonds. The number of aromatic nitrogens is 3. The molecule has 0 saturated heterocycles. The van der Waals surface area contributed by atoms with Crippen molar-refractivity contribution >= 4 is 65.4 Å². The number of hydrogen-bond donors (Lipinski definition) is 0. The highest BCUT2D eigenvalue weighted by Crippen LogP contribution is 2.40. The van der Waals surface area contributed by atoms with E-state index >= 15 is 0 Å². The van der Waals surface area contributed by atoms with Crippen molar-refractivity contribution in [3.05, 3.63) is 212 Å². The van der Waals surface area contributed by atoms with Crippen molar-refractivity contribution in [3.63, 3.8) is 0 Å². The van der Waals surface area contributed by atoms with Gasteiger partial charge in [0, 0.05) is 49.4 Å². The zero-order chi connectivity index (χ0) is 37.5. The number of rotatable bonds is 5. The van der Waals surface area contributed by atoms with Crippen LogP contribution in [-0.2, 0) is 0 Å². The molecule has 3 heteroatoms. The highest BCUT2D eigenvalue weighted by Gasteiger charge is 2.18. The number of para-hydroxylation sites is 4. The lowest BCUT2D eigenvalue weighted by Gasteiger charge is -2.11. The fourth-order valence-electron chi connectivity index (χ4n) is 9.25. The maximum Gasteiger partial charge on any atom is 0.0542 e. The van der Waals surface area contributed by atoms with Crippen LogP contribution in [0.5, 0.6) is 0 Å². The molecule has 0 spiro atoms. The predicted molar refractivity (Wildman–Crippen MR) is 240 cm³/mol. The quantitative estimate of drug-likeness (QED) is 0.168. The molecular formula is C54H35N3. The molecule has 0 aliphatic rings. The van der Waals surface area contributed by atoms with Crippen molar-refractivity contribution in [2.45, 2.75) is 0 Å². The minimum Gasteiger partial charge on any atom is -0.309 e. The molecule has 12 rings (SSSR count). The summed E-state index contributed by atoms with van der Waals surface area (Å²) in [6, 6.07) is 77.4. The third-order valence-corrected chi connectivity index (χ3v) is 11.8. The molecular weight excluding hydrogens is 691 g/mol. The molecule has 3 nitrogen and oxygen atoms in total. The summed E-state index contributed by atoms with van der Waals surface area (Å²) in [5.41, 5.74) is 15.6. The SMILES string of the molecule is c1ccc(-c2ccc(-n3c4ccccc4c4cc(-c5ccc6c(c5)c5ccccc5n6-c5ccc6c(c5)c5ccccc5n6-c5ccccc5)ccc43)cc2)cc1. The molecule has 0 atom stereocenters. The van der Waals surface area contributed by atoms with Crippen LogP contribution < -0.4 is 0 Å². The van der Waals surface area contributed by atoms with E-state index in [0.29, 0.717) is 0 Å². The summed E-state index contributed by atoms with van der Waals surface area (Å²) in [6.45, 7) is 0. The van der Waals surface area contributed by atoms with Gasteiger partial charge in [0.25, 0.3) is 0 Å². The topological polar surface area (TPSA) is 14.8 Å². The number of hydrogen-bond acceptors (Lipinski definition) is 0. The molecule has 12 aromatic rings. The van der Waals surface area contributed by atoms with Gasteiger partial charge < -0.3 is 13.7 Å². The summed E-state index contributed by atoms with van der Waals surface area (Å²) in [4.78, 5) is 0. The zero-order valence-electron chi connectivity index (χ0n) is 31.0. The van der Waals surface area contributed by atoms with E-state index in [9.17, 15) is 0 Å². The van der Waals surface area contributed by atoms with Crippen LogP contribution in [0.25, 0.3) is 105 Å². The van der Waals surface area contributed by atoms with Gasteiger partial charge >= 0.3 is 0 Å². The van der Waals surface area contributed by atoms with E-state index in [-0.39, 0.29) is 0 Å². The molecule has 266 valence electrons. The van der Waals surface area contributed by atoms with Gasteiger partial charge in [0.15, 0.2) is 0 Å². The van der Waals surface area contributed by atoms with Crippen molar-refractivity contribution in [3.8, 4) is 39.3 Å². The van der Waals surface area contributed by atoms with Gasteiger partial charge in [-0.05, 0) is 107 Å². The summed E-state index contributed by atoms with van der Waals surface area (Å²) in [6.07, 6.45) is 0. The average molecular weight is 726 g/mol. The number of benzene rings is 9. The Morgan fingerprint density at radius 1 is 0.193 bits per heavy atom. The Balaban J connectivity index is 0.996. The Bertz CT molecular complexity index is 3490. The first kappa shape index (κ1) is 31.7. The van der Waals surface area contributed by atoms with Crippen LogP contribution in [0.2, 0.25) is 0 Å². The molecule has 0 aliphatic heterocycles. The van der Waals surface area contributed by atoms with Crippen LogP contribution in [0.1, 0.15) is 0 Å². The summed E-state index contributed by atoms with van der Waals surface area (Å²) < 4.78 is 7.21. The first-order chi connectivity index (χ1) is 28.3. The minimum atomic E-state index is 1.16. The van der Waals surface area contributed by atoms with Gasteiger partial charge in [-0.15, -0.1) is 0 Å². The normalized spacial score (nSPS) is 11.9. The second kappa shape index (κ2) is 12.5. The average Bonchev–Trinajstić information content (AvgIpc) is 3.92. The standard InChI is InChI=1S/C54H35N3/c1-3-13-36(14-4-1)37-23-27-41(28-24-37)56-49-20-10-7-17-43(49)46-33-38(25-30-52(46)56)39-26-31-53-47(34-39)44-18-8-12-22-51(44)57(53)42-29-32-54-48(35-42)45-19-9-11-21-50(45)55(54)40-15-5-2-6-16-40/h1-35H. The lowest BCUT2D eigenvalue weighted by atomic mass is 10.0. The van der Waals surface area contributed by atoms with Gasteiger partial charge in [-0.1, -0.05) is 127 Å². The third kappa shape index (κ3) is 4.86. The van der Waals surface area contributed by atoms with Gasteiger partial charge in [-0.25, -0.2) is 0 Å². The van der Waals surface area contributed by atoms with Crippen LogP contribution in [0.3, 0.4) is 0 Å². The van der Waals surface area contributed by atoms with Gasteiger partial charge in [0.2, 0.25) is 0 Å². The Labute approximate surface area is 329 Å². The van der Waals surface area contributed by atoms with Crippen LogP contribution in [0.4, 0.5) is 0 Å². The minimum absolute atomic E-state index is 1.16. The van der Waals surface area contributed by atoms with Crippen molar-refractivity contribution in [2.24, 2.45) is 0 Å². The Morgan fingerprint density at radius 3 is 1.05 bits per heavy atom. The lowest BCUT2D eigenvalue weighted by molar-refractivity contribution is 1.17. The van der Waals surface area contributed by atoms with Crippen molar-refractivity contribution in [1.82, 2.24) is 13.7 Å². The van der Waals surface area contributed by atoms with E-state index in [1.54, 1.807) is 0 Å². The fourth-order valence-corrected chi connectivity index (χ4v) is 9.25. The van der Waals surface area contributed by atoms with E-state index in [0.717, 1.165) is 11.4 Å². The Hall–Kier alpha value is -7.62. The zero-order valence-corrected chi connectivity index (χ0v) is 31.0. The second-order valence-electron chi connectivity index (χ2n) is 15.0. The monoisotopic (exact) mass is 725 g/mol. The molecule has 0 saturated carbocycles. The van der Waals surface area contributed by atoms with Gasteiger partial charge in [-0.2, -0.15) is 0 Å². The van der Waals surface area contributed by atoms with Crippen LogP contribution in [0, 0.1) is 0 Å². The van der Waals surface area contributed by atoms with Crippen molar-refractivity contribution in [1.29, 1.82) is 0 Å². The second-order valence-corrected chi connectivity index (χ2v) is 15.0. The summed E-state index contributed by atoms with van der Waals surface area (Å²) >= 11 is 0. The maximum atomic E-state index is 2.43. The van der Waals surface area contributed by atoms with Crippen molar-refractivity contribution < 1.29 is 0 Å².